The molecule has 7 nitrogen and oxygen atoms in total. The molecule has 0 aliphatic carbocycles. The van der Waals surface area contributed by atoms with Gasteiger partial charge in [-0.15, -0.1) is 11.8 Å². The second kappa shape index (κ2) is 11.1. The molecule has 0 fully saturated rings. The van der Waals surface area contributed by atoms with Crippen molar-refractivity contribution >= 4 is 52.5 Å². The van der Waals surface area contributed by atoms with Gasteiger partial charge in [-0.05, 0) is 55.3 Å². The Bertz CT molecular complexity index is 1160. The number of nitrogens with one attached hydrogen (secondary N) is 1. The van der Waals surface area contributed by atoms with Crippen molar-refractivity contribution in [3.05, 3.63) is 71.1 Å². The zero-order valence-electron chi connectivity index (χ0n) is 18.1. The summed E-state index contributed by atoms with van der Waals surface area (Å²) in [6, 6.07) is 12.0. The molecular formula is C24H23ClN2O5S. The highest BCUT2D eigenvalue weighted by molar-refractivity contribution is 8.00. The van der Waals surface area contributed by atoms with Gasteiger partial charge in [0.1, 0.15) is 0 Å². The first-order valence-corrected chi connectivity index (χ1v) is 11.7. The lowest BCUT2D eigenvalue weighted by Crippen LogP contribution is -2.33. The molecule has 172 valence electrons. The number of carboxylic acid groups (broad SMARTS) is 1. The number of furan rings is 1. The maximum Gasteiger partial charge on any atom is 0.337 e. The van der Waals surface area contributed by atoms with E-state index in [9.17, 15) is 19.5 Å². The van der Waals surface area contributed by atoms with Crippen molar-refractivity contribution in [2.24, 2.45) is 0 Å². The van der Waals surface area contributed by atoms with E-state index in [4.69, 9.17) is 16.0 Å². The molecule has 3 rings (SSSR count). The number of halogens is 1. The number of nitrogens with zero attached hydrogens (tertiary/aromatic N) is 1. The summed E-state index contributed by atoms with van der Waals surface area (Å²) in [5.41, 5.74) is 3.70. The number of aryl methyl sites for hydroxylation is 1. The van der Waals surface area contributed by atoms with Crippen LogP contribution in [-0.2, 0) is 9.59 Å². The van der Waals surface area contributed by atoms with Crippen LogP contribution in [0.1, 0.15) is 22.8 Å². The van der Waals surface area contributed by atoms with Crippen LogP contribution in [0.3, 0.4) is 0 Å². The van der Waals surface area contributed by atoms with E-state index in [-0.39, 0.29) is 33.7 Å². The maximum absolute atomic E-state index is 12.9. The first-order valence-electron chi connectivity index (χ1n) is 10.1. The van der Waals surface area contributed by atoms with Gasteiger partial charge in [0.05, 0.1) is 35.3 Å². The summed E-state index contributed by atoms with van der Waals surface area (Å²) in [6.45, 7) is 4.32. The highest BCUT2D eigenvalue weighted by Gasteiger charge is 2.18. The van der Waals surface area contributed by atoms with Crippen LogP contribution >= 0.6 is 23.4 Å². The van der Waals surface area contributed by atoms with Crippen LogP contribution in [0.15, 0.2) is 59.4 Å². The number of thioether (sulfide) groups is 1. The summed E-state index contributed by atoms with van der Waals surface area (Å²) < 4.78 is 5.16. The molecule has 2 amide bonds. The average Bonchev–Trinajstić information content (AvgIpc) is 3.31. The molecule has 0 aliphatic heterocycles. The molecule has 2 N–H and O–H groups in total. The molecule has 0 bridgehead atoms. The van der Waals surface area contributed by atoms with Gasteiger partial charge in [0, 0.05) is 22.8 Å². The minimum absolute atomic E-state index is 0.000971. The van der Waals surface area contributed by atoms with Crippen molar-refractivity contribution in [3.63, 3.8) is 0 Å². The summed E-state index contributed by atoms with van der Waals surface area (Å²) in [7, 11) is 0. The molecule has 0 aliphatic rings. The SMILES string of the molecule is CCN(C(=O)CSCC(=O)Nc1ccc(Cl)cc1C(=O)O)c1cc(-c2ccoc2)ccc1C. The summed E-state index contributed by atoms with van der Waals surface area (Å²) in [5.74, 6) is -1.62. The van der Waals surface area contributed by atoms with E-state index in [1.54, 1.807) is 17.4 Å². The van der Waals surface area contributed by atoms with Crippen LogP contribution in [0.25, 0.3) is 11.1 Å². The lowest BCUT2D eigenvalue weighted by atomic mass is 10.0. The van der Waals surface area contributed by atoms with Gasteiger partial charge in [0.2, 0.25) is 11.8 Å². The Morgan fingerprint density at radius 1 is 1.09 bits per heavy atom. The number of hydrogen-bond donors (Lipinski definition) is 2. The van der Waals surface area contributed by atoms with E-state index < -0.39 is 11.9 Å². The number of hydrogen-bond acceptors (Lipinski definition) is 5. The van der Waals surface area contributed by atoms with E-state index in [0.717, 1.165) is 34.1 Å². The van der Waals surface area contributed by atoms with Crippen molar-refractivity contribution < 1.29 is 23.9 Å². The molecule has 0 saturated carbocycles. The Kier molecular flexibility index (Phi) is 8.19. The number of anilines is 2. The fourth-order valence-electron chi connectivity index (χ4n) is 3.29. The third kappa shape index (κ3) is 6.18. The number of benzene rings is 2. The van der Waals surface area contributed by atoms with Crippen LogP contribution in [0.4, 0.5) is 11.4 Å². The fourth-order valence-corrected chi connectivity index (χ4v) is 4.15. The zero-order chi connectivity index (χ0) is 24.0. The fraction of sp³-hybridized carbons (Fsp3) is 0.208. The average molecular weight is 487 g/mol. The molecular weight excluding hydrogens is 464 g/mol. The predicted octanol–water partition coefficient (Wildman–Crippen LogP) is 5.33. The van der Waals surface area contributed by atoms with Crippen molar-refractivity contribution in [1.82, 2.24) is 0 Å². The van der Waals surface area contributed by atoms with E-state index in [0.29, 0.717) is 6.54 Å². The van der Waals surface area contributed by atoms with Crippen molar-refractivity contribution in [2.75, 3.05) is 28.3 Å². The minimum Gasteiger partial charge on any atom is -0.478 e. The molecule has 3 aromatic rings. The number of rotatable bonds is 9. The van der Waals surface area contributed by atoms with Crippen LogP contribution in [0.5, 0.6) is 0 Å². The second-order valence-electron chi connectivity index (χ2n) is 7.19. The summed E-state index contributed by atoms with van der Waals surface area (Å²) in [6.07, 6.45) is 3.25. The lowest BCUT2D eigenvalue weighted by molar-refractivity contribution is -0.116. The van der Waals surface area contributed by atoms with Gasteiger partial charge >= 0.3 is 5.97 Å². The van der Waals surface area contributed by atoms with E-state index in [2.05, 4.69) is 5.32 Å². The molecule has 0 spiro atoms. The smallest absolute Gasteiger partial charge is 0.337 e. The molecule has 1 aromatic heterocycles. The van der Waals surface area contributed by atoms with Gasteiger partial charge in [-0.3, -0.25) is 9.59 Å². The van der Waals surface area contributed by atoms with Gasteiger partial charge in [-0.25, -0.2) is 4.79 Å². The first-order chi connectivity index (χ1) is 15.8. The molecule has 9 heteroatoms. The number of carbonyl (C=O) groups is 3. The van der Waals surface area contributed by atoms with E-state index in [1.807, 2.05) is 38.1 Å². The quantitative estimate of drug-likeness (QED) is 0.424. The normalized spacial score (nSPS) is 10.6. The topological polar surface area (TPSA) is 99.9 Å². The number of carbonyl (C=O) groups excluding carboxylic acids is 2. The van der Waals surface area contributed by atoms with Crippen LogP contribution in [0, 0.1) is 6.92 Å². The summed E-state index contributed by atoms with van der Waals surface area (Å²) in [4.78, 5) is 38.3. The van der Waals surface area contributed by atoms with Gasteiger partial charge in [-0.2, -0.15) is 0 Å². The monoisotopic (exact) mass is 486 g/mol. The minimum atomic E-state index is -1.19. The third-order valence-corrected chi connectivity index (χ3v) is 6.07. The third-order valence-electron chi connectivity index (χ3n) is 4.92. The summed E-state index contributed by atoms with van der Waals surface area (Å²) >= 11 is 6.99. The predicted molar refractivity (Wildman–Crippen MR) is 131 cm³/mol. The van der Waals surface area contributed by atoms with Gasteiger partial charge in [-0.1, -0.05) is 23.7 Å². The standard InChI is InChI=1S/C24H23ClN2O5S/c1-3-27(21-10-16(5-4-15(21)2)17-8-9-32-12-17)23(29)14-33-13-22(28)26-20-7-6-18(25)11-19(20)24(30)31/h4-12H,3,13-14H2,1-2H3,(H,26,28)(H,30,31). The summed E-state index contributed by atoms with van der Waals surface area (Å²) in [5, 5.41) is 12.1. The van der Waals surface area contributed by atoms with Crippen LogP contribution in [0.2, 0.25) is 5.02 Å². The van der Waals surface area contributed by atoms with Crippen molar-refractivity contribution in [3.8, 4) is 11.1 Å². The highest BCUT2D eigenvalue weighted by Crippen LogP contribution is 2.29. The zero-order valence-corrected chi connectivity index (χ0v) is 19.7. The second-order valence-corrected chi connectivity index (χ2v) is 8.61. The Balaban J connectivity index is 1.62. The molecule has 0 saturated heterocycles. The van der Waals surface area contributed by atoms with Crippen LogP contribution < -0.4 is 10.2 Å². The van der Waals surface area contributed by atoms with Crippen molar-refractivity contribution in [2.45, 2.75) is 13.8 Å². The maximum atomic E-state index is 12.9. The van der Waals surface area contributed by atoms with Gasteiger partial charge in [0.15, 0.2) is 0 Å². The Morgan fingerprint density at radius 2 is 1.88 bits per heavy atom. The number of aromatic carboxylic acids is 1. The highest BCUT2D eigenvalue weighted by atomic mass is 35.5. The molecule has 0 unspecified atom stereocenters. The first kappa shape index (κ1) is 24.4. The molecule has 2 aromatic carbocycles. The molecule has 1 heterocycles. The van der Waals surface area contributed by atoms with E-state index in [1.165, 1.54) is 18.2 Å². The van der Waals surface area contributed by atoms with Gasteiger partial charge in [0.25, 0.3) is 0 Å². The Labute approximate surface area is 200 Å². The molecule has 33 heavy (non-hydrogen) atoms. The largest absolute Gasteiger partial charge is 0.478 e. The van der Waals surface area contributed by atoms with Crippen LogP contribution in [-0.4, -0.2) is 40.9 Å². The number of amides is 2. The Hall–Kier alpha value is -3.23. The lowest BCUT2D eigenvalue weighted by Gasteiger charge is -2.23. The molecule has 0 atom stereocenters. The molecule has 0 radical (unpaired) electrons. The Morgan fingerprint density at radius 3 is 2.55 bits per heavy atom. The van der Waals surface area contributed by atoms with Crippen molar-refractivity contribution in [1.29, 1.82) is 0 Å². The van der Waals surface area contributed by atoms with E-state index >= 15 is 0 Å². The number of carboxylic acids is 1. The van der Waals surface area contributed by atoms with Gasteiger partial charge < -0.3 is 19.7 Å².